The first-order valence-electron chi connectivity index (χ1n) is 5.54. The molecular formula is C12H12Cl4N2OS. The zero-order valence-electron chi connectivity index (χ0n) is 10.4. The predicted octanol–water partition coefficient (Wildman–Crippen LogP) is 4.23. The van der Waals surface area contributed by atoms with Crippen LogP contribution in [0.4, 0.5) is 0 Å². The number of hydrogen-bond donors (Lipinski definition) is 2. The van der Waals surface area contributed by atoms with Crippen molar-refractivity contribution in [3.05, 3.63) is 32.1 Å². The lowest BCUT2D eigenvalue weighted by Gasteiger charge is -2.02. The molecule has 0 radical (unpaired) electrons. The molecule has 0 aliphatic rings. The maximum absolute atomic E-state index is 12.0. The van der Waals surface area contributed by atoms with Gasteiger partial charge in [0.05, 0.1) is 10.0 Å². The summed E-state index contributed by atoms with van der Waals surface area (Å²) in [5, 5.41) is 7.77. The van der Waals surface area contributed by atoms with Gasteiger partial charge < -0.3 is 10.6 Å². The van der Waals surface area contributed by atoms with Crippen LogP contribution in [0.25, 0.3) is 10.1 Å². The average Bonchev–Trinajstić information content (AvgIpc) is 2.66. The van der Waals surface area contributed by atoms with Gasteiger partial charge in [-0.05, 0) is 19.2 Å². The third-order valence-corrected chi connectivity index (χ3v) is 4.66. The van der Waals surface area contributed by atoms with Gasteiger partial charge >= 0.3 is 0 Å². The van der Waals surface area contributed by atoms with Crippen LogP contribution in [0, 0.1) is 0 Å². The van der Waals surface area contributed by atoms with Gasteiger partial charge in [0.1, 0.15) is 4.88 Å². The number of thiophene rings is 1. The van der Waals surface area contributed by atoms with Gasteiger partial charge in [0, 0.05) is 28.2 Å². The number of fused-ring (bicyclic) bond motifs is 1. The lowest BCUT2D eigenvalue weighted by molar-refractivity contribution is 0.0958. The molecule has 0 saturated carbocycles. The molecule has 0 aliphatic carbocycles. The Labute approximate surface area is 142 Å². The highest BCUT2D eigenvalue weighted by molar-refractivity contribution is 7.21. The molecule has 3 nitrogen and oxygen atoms in total. The van der Waals surface area contributed by atoms with Crippen molar-refractivity contribution in [2.75, 3.05) is 20.1 Å². The predicted molar refractivity (Wildman–Crippen MR) is 90.4 cm³/mol. The number of halogens is 4. The summed E-state index contributed by atoms with van der Waals surface area (Å²) >= 11 is 19.6. The van der Waals surface area contributed by atoms with E-state index in [4.69, 9.17) is 34.8 Å². The molecule has 0 bridgehead atoms. The second-order valence-electron chi connectivity index (χ2n) is 3.87. The highest BCUT2D eigenvalue weighted by Gasteiger charge is 2.19. The van der Waals surface area contributed by atoms with Gasteiger partial charge in [-0.1, -0.05) is 34.8 Å². The minimum atomic E-state index is -0.200. The fourth-order valence-corrected chi connectivity index (χ4v) is 3.93. The van der Waals surface area contributed by atoms with E-state index in [0.29, 0.717) is 38.4 Å². The fraction of sp³-hybridized carbons (Fsp3) is 0.250. The van der Waals surface area contributed by atoms with Crippen LogP contribution in [0.1, 0.15) is 9.67 Å². The molecule has 1 amide bonds. The van der Waals surface area contributed by atoms with Crippen molar-refractivity contribution in [1.82, 2.24) is 10.6 Å². The SMILES string of the molecule is CNCCNC(=O)c1sc2cc(Cl)cc(Cl)c2c1Cl.Cl. The van der Waals surface area contributed by atoms with Crippen molar-refractivity contribution in [3.63, 3.8) is 0 Å². The molecule has 0 saturated heterocycles. The van der Waals surface area contributed by atoms with E-state index >= 15 is 0 Å². The molecule has 0 atom stereocenters. The normalized spacial score (nSPS) is 10.4. The number of carbonyl (C=O) groups excluding carboxylic acids is 1. The van der Waals surface area contributed by atoms with E-state index < -0.39 is 0 Å². The molecule has 0 unspecified atom stereocenters. The van der Waals surface area contributed by atoms with Crippen LogP contribution in [-0.2, 0) is 0 Å². The maximum Gasteiger partial charge on any atom is 0.262 e. The summed E-state index contributed by atoms with van der Waals surface area (Å²) in [5.41, 5.74) is 0. The van der Waals surface area contributed by atoms with Gasteiger partial charge in [-0.3, -0.25) is 4.79 Å². The number of carbonyl (C=O) groups is 1. The largest absolute Gasteiger partial charge is 0.350 e. The lowest BCUT2D eigenvalue weighted by atomic mass is 10.2. The Kier molecular flexibility index (Phi) is 6.85. The molecule has 1 aromatic carbocycles. The lowest BCUT2D eigenvalue weighted by Crippen LogP contribution is -2.30. The molecule has 110 valence electrons. The second-order valence-corrected chi connectivity index (χ2v) is 6.14. The standard InChI is InChI=1S/C12H11Cl3N2OS.ClH/c1-16-2-3-17-12(18)11-10(15)9-7(14)4-6(13)5-8(9)19-11;/h4-5,16H,2-3H2,1H3,(H,17,18);1H. The molecule has 20 heavy (non-hydrogen) atoms. The fourth-order valence-electron chi connectivity index (χ4n) is 1.64. The summed E-state index contributed by atoms with van der Waals surface area (Å²) in [4.78, 5) is 12.5. The Morgan fingerprint density at radius 3 is 2.60 bits per heavy atom. The summed E-state index contributed by atoms with van der Waals surface area (Å²) in [5.74, 6) is -0.200. The topological polar surface area (TPSA) is 41.1 Å². The van der Waals surface area contributed by atoms with E-state index in [1.165, 1.54) is 11.3 Å². The average molecular weight is 374 g/mol. The molecule has 2 aromatic rings. The summed E-state index contributed by atoms with van der Waals surface area (Å²) in [6, 6.07) is 3.37. The zero-order chi connectivity index (χ0) is 14.0. The number of nitrogens with one attached hydrogen (secondary N) is 2. The van der Waals surface area contributed by atoms with Crippen molar-refractivity contribution in [2.24, 2.45) is 0 Å². The Morgan fingerprint density at radius 2 is 1.95 bits per heavy atom. The third kappa shape index (κ3) is 3.70. The summed E-state index contributed by atoms with van der Waals surface area (Å²) in [6.45, 7) is 1.23. The van der Waals surface area contributed by atoms with Crippen LogP contribution < -0.4 is 10.6 Å². The van der Waals surface area contributed by atoms with Crippen LogP contribution >= 0.6 is 58.5 Å². The van der Waals surface area contributed by atoms with Crippen molar-refractivity contribution in [2.45, 2.75) is 0 Å². The quantitative estimate of drug-likeness (QED) is 0.787. The van der Waals surface area contributed by atoms with Crippen molar-refractivity contribution in [1.29, 1.82) is 0 Å². The van der Waals surface area contributed by atoms with Crippen LogP contribution in [0.3, 0.4) is 0 Å². The molecule has 2 rings (SSSR count). The Bertz CT molecular complexity index is 629. The molecule has 0 aliphatic heterocycles. The molecule has 0 fully saturated rings. The first-order chi connectivity index (χ1) is 9.04. The van der Waals surface area contributed by atoms with Gasteiger partial charge in [0.2, 0.25) is 0 Å². The monoisotopic (exact) mass is 372 g/mol. The minimum absolute atomic E-state index is 0. The van der Waals surface area contributed by atoms with E-state index in [2.05, 4.69) is 10.6 Å². The number of amides is 1. The van der Waals surface area contributed by atoms with Crippen LogP contribution in [0.5, 0.6) is 0 Å². The molecule has 1 heterocycles. The first kappa shape index (κ1) is 17.8. The van der Waals surface area contributed by atoms with Gasteiger partial charge in [0.25, 0.3) is 5.91 Å². The smallest absolute Gasteiger partial charge is 0.262 e. The van der Waals surface area contributed by atoms with Gasteiger partial charge in [-0.15, -0.1) is 23.7 Å². The second kappa shape index (κ2) is 7.69. The number of hydrogen-bond acceptors (Lipinski definition) is 3. The van der Waals surface area contributed by atoms with Crippen LogP contribution in [0.15, 0.2) is 12.1 Å². The van der Waals surface area contributed by atoms with E-state index in [0.717, 1.165) is 4.70 Å². The maximum atomic E-state index is 12.0. The third-order valence-electron chi connectivity index (χ3n) is 2.52. The van der Waals surface area contributed by atoms with Crippen LogP contribution in [-0.4, -0.2) is 26.0 Å². The van der Waals surface area contributed by atoms with Crippen molar-refractivity contribution in [3.8, 4) is 0 Å². The van der Waals surface area contributed by atoms with E-state index in [1.807, 2.05) is 7.05 Å². The molecular weight excluding hydrogens is 362 g/mol. The first-order valence-corrected chi connectivity index (χ1v) is 7.49. The highest BCUT2D eigenvalue weighted by atomic mass is 35.5. The molecule has 1 aromatic heterocycles. The minimum Gasteiger partial charge on any atom is -0.350 e. The number of likely N-dealkylation sites (N-methyl/N-ethyl adjacent to an activating group) is 1. The Balaban J connectivity index is 0.00000200. The summed E-state index contributed by atoms with van der Waals surface area (Å²) in [7, 11) is 1.82. The molecule has 0 spiro atoms. The number of rotatable bonds is 4. The van der Waals surface area contributed by atoms with Gasteiger partial charge in [-0.2, -0.15) is 0 Å². The van der Waals surface area contributed by atoms with Gasteiger partial charge in [-0.25, -0.2) is 0 Å². The van der Waals surface area contributed by atoms with Gasteiger partial charge in [0.15, 0.2) is 0 Å². The Morgan fingerprint density at radius 1 is 1.25 bits per heavy atom. The Hall–Kier alpha value is -0.230. The zero-order valence-corrected chi connectivity index (χ0v) is 14.3. The van der Waals surface area contributed by atoms with E-state index in [1.54, 1.807) is 12.1 Å². The van der Waals surface area contributed by atoms with Crippen molar-refractivity contribution >= 4 is 74.5 Å². The van der Waals surface area contributed by atoms with E-state index in [-0.39, 0.29) is 18.3 Å². The summed E-state index contributed by atoms with van der Waals surface area (Å²) < 4.78 is 0.807. The van der Waals surface area contributed by atoms with Crippen molar-refractivity contribution < 1.29 is 4.79 Å². The summed E-state index contributed by atoms with van der Waals surface area (Å²) in [6.07, 6.45) is 0. The molecule has 2 N–H and O–H groups in total. The highest BCUT2D eigenvalue weighted by Crippen LogP contribution is 2.41. The molecule has 8 heteroatoms. The van der Waals surface area contributed by atoms with E-state index in [9.17, 15) is 4.79 Å². The number of benzene rings is 1. The van der Waals surface area contributed by atoms with Crippen LogP contribution in [0.2, 0.25) is 15.1 Å².